The van der Waals surface area contributed by atoms with E-state index in [2.05, 4.69) is 5.16 Å². The number of halogens is 1. The Bertz CT molecular complexity index is 813. The highest BCUT2D eigenvalue weighted by Crippen LogP contribution is 2.42. The van der Waals surface area contributed by atoms with Crippen molar-refractivity contribution in [2.75, 3.05) is 13.4 Å². The minimum atomic E-state index is -1.63. The summed E-state index contributed by atoms with van der Waals surface area (Å²) in [6, 6.07) is 2.87. The fourth-order valence-corrected chi connectivity index (χ4v) is 3.77. The van der Waals surface area contributed by atoms with Crippen molar-refractivity contribution in [2.45, 2.75) is 23.7 Å². The van der Waals surface area contributed by atoms with Gasteiger partial charge in [0.25, 0.3) is 0 Å². The van der Waals surface area contributed by atoms with E-state index in [-0.39, 0.29) is 27.0 Å². The highest BCUT2D eigenvalue weighted by Gasteiger charge is 2.35. The van der Waals surface area contributed by atoms with Gasteiger partial charge in [-0.3, -0.25) is 4.79 Å². The minimum Gasteiger partial charge on any atom is -0.612 e. The molecule has 6 nitrogen and oxygen atoms in total. The Morgan fingerprint density at radius 3 is 2.67 bits per heavy atom. The number of hydrogen-bond donors (Lipinski definition) is 0. The Labute approximate surface area is 146 Å². The van der Waals surface area contributed by atoms with Crippen LogP contribution in [0.4, 0.5) is 0 Å². The Balaban J connectivity index is 2.15. The van der Waals surface area contributed by atoms with E-state index in [1.807, 2.05) is 0 Å². The molecule has 0 bridgehead atoms. The number of rotatable bonds is 5. The van der Waals surface area contributed by atoms with Crippen molar-refractivity contribution in [2.24, 2.45) is 0 Å². The standard InChI is InChI=1S/C16H14ClNO5S/c1-22-16(20)12-11(17)6-5-9(15(12)24(2)21)13(19)10-7-18-23-14(10)8-3-4-8/h5-8H,3-4H2,1-2H3. The van der Waals surface area contributed by atoms with Gasteiger partial charge in [0.2, 0.25) is 5.78 Å². The highest BCUT2D eigenvalue weighted by atomic mass is 35.5. The summed E-state index contributed by atoms with van der Waals surface area (Å²) in [6.45, 7) is 0. The van der Waals surface area contributed by atoms with Crippen LogP contribution in [0, 0.1) is 0 Å². The van der Waals surface area contributed by atoms with Crippen LogP contribution in [0.3, 0.4) is 0 Å². The molecule has 1 aliphatic rings. The van der Waals surface area contributed by atoms with Gasteiger partial charge in [0.1, 0.15) is 11.8 Å². The molecule has 1 saturated carbocycles. The van der Waals surface area contributed by atoms with Crippen molar-refractivity contribution in [3.8, 4) is 0 Å². The number of hydrogen-bond acceptors (Lipinski definition) is 6. The number of carbonyl (C=O) groups excluding carboxylic acids is 2. The average molecular weight is 368 g/mol. The molecule has 24 heavy (non-hydrogen) atoms. The van der Waals surface area contributed by atoms with E-state index >= 15 is 0 Å². The van der Waals surface area contributed by atoms with Gasteiger partial charge in [-0.2, -0.15) is 0 Å². The molecule has 1 unspecified atom stereocenters. The van der Waals surface area contributed by atoms with E-state index in [1.54, 1.807) is 0 Å². The molecule has 1 aliphatic carbocycles. The van der Waals surface area contributed by atoms with Crippen LogP contribution in [0.5, 0.6) is 0 Å². The van der Waals surface area contributed by atoms with Gasteiger partial charge >= 0.3 is 5.97 Å². The van der Waals surface area contributed by atoms with Crippen LogP contribution in [0.1, 0.15) is 50.8 Å². The average Bonchev–Trinajstić information content (AvgIpc) is 3.29. The Kier molecular flexibility index (Phi) is 4.67. The van der Waals surface area contributed by atoms with Crippen LogP contribution >= 0.6 is 11.6 Å². The number of ether oxygens (including phenoxy) is 1. The van der Waals surface area contributed by atoms with Gasteiger partial charge < -0.3 is 13.8 Å². The maximum atomic E-state index is 12.9. The third-order valence-electron chi connectivity index (χ3n) is 3.82. The molecule has 0 radical (unpaired) electrons. The maximum absolute atomic E-state index is 12.9. The van der Waals surface area contributed by atoms with E-state index in [4.69, 9.17) is 20.9 Å². The molecule has 1 aromatic heterocycles. The zero-order valence-corrected chi connectivity index (χ0v) is 14.6. The lowest BCUT2D eigenvalue weighted by Gasteiger charge is -2.14. The largest absolute Gasteiger partial charge is 0.612 e. The first kappa shape index (κ1) is 17.0. The van der Waals surface area contributed by atoms with Crippen molar-refractivity contribution < 1.29 is 23.4 Å². The van der Waals surface area contributed by atoms with Crippen LogP contribution in [-0.4, -0.2) is 34.8 Å². The topological polar surface area (TPSA) is 92.5 Å². The first-order valence-corrected chi connectivity index (χ1v) is 9.12. The van der Waals surface area contributed by atoms with Crippen molar-refractivity contribution >= 4 is 34.5 Å². The Hall–Kier alpha value is -1.83. The second-order valence-electron chi connectivity index (χ2n) is 5.45. The molecule has 8 heteroatoms. The summed E-state index contributed by atoms with van der Waals surface area (Å²) in [5.41, 5.74) is 0.392. The quantitative estimate of drug-likeness (QED) is 0.458. The molecule has 1 aromatic carbocycles. The van der Waals surface area contributed by atoms with E-state index in [1.165, 1.54) is 31.7 Å². The zero-order valence-electron chi connectivity index (χ0n) is 13.0. The summed E-state index contributed by atoms with van der Waals surface area (Å²) in [5, 5.41) is 3.79. The van der Waals surface area contributed by atoms with Gasteiger partial charge in [-0.15, -0.1) is 0 Å². The lowest BCUT2D eigenvalue weighted by Crippen LogP contribution is -2.17. The van der Waals surface area contributed by atoms with Crippen molar-refractivity contribution in [3.05, 3.63) is 45.8 Å². The molecule has 1 heterocycles. The molecule has 0 spiro atoms. The summed E-state index contributed by atoms with van der Waals surface area (Å²) in [6.07, 6.45) is 4.61. The predicted molar refractivity (Wildman–Crippen MR) is 87.0 cm³/mol. The Morgan fingerprint density at radius 2 is 2.08 bits per heavy atom. The number of ketones is 1. The highest BCUT2D eigenvalue weighted by molar-refractivity contribution is 7.90. The molecule has 0 amide bonds. The molecule has 0 saturated heterocycles. The first-order valence-electron chi connectivity index (χ1n) is 7.19. The van der Waals surface area contributed by atoms with Crippen LogP contribution in [0.15, 0.2) is 27.7 Å². The van der Waals surface area contributed by atoms with E-state index < -0.39 is 22.9 Å². The fraction of sp³-hybridized carbons (Fsp3) is 0.312. The number of nitrogens with zero attached hydrogens (tertiary/aromatic N) is 1. The van der Waals surface area contributed by atoms with Crippen LogP contribution in [0.2, 0.25) is 5.02 Å². The molecule has 1 atom stereocenters. The van der Waals surface area contributed by atoms with Crippen LogP contribution in [0.25, 0.3) is 0 Å². The van der Waals surface area contributed by atoms with E-state index in [9.17, 15) is 14.1 Å². The minimum absolute atomic E-state index is 0.0577. The SMILES string of the molecule is COC(=O)c1c(Cl)ccc(C(=O)c2cnoc2C2CC2)c1[S+](C)[O-]. The van der Waals surface area contributed by atoms with Crippen molar-refractivity contribution in [1.82, 2.24) is 5.16 Å². The number of methoxy groups -OCH3 is 1. The molecule has 0 N–H and O–H groups in total. The predicted octanol–water partition coefficient (Wildman–Crippen LogP) is 2.96. The maximum Gasteiger partial charge on any atom is 0.344 e. The normalized spacial score (nSPS) is 15.2. The van der Waals surface area contributed by atoms with E-state index in [0.29, 0.717) is 11.3 Å². The number of carbonyl (C=O) groups is 2. The summed E-state index contributed by atoms with van der Waals surface area (Å²) >= 11 is 4.44. The fourth-order valence-electron chi connectivity index (χ4n) is 2.53. The summed E-state index contributed by atoms with van der Waals surface area (Å²) in [5.74, 6) is -0.422. The molecular formula is C16H14ClNO5S. The summed E-state index contributed by atoms with van der Waals surface area (Å²) in [7, 11) is 1.20. The number of aromatic nitrogens is 1. The van der Waals surface area contributed by atoms with Crippen molar-refractivity contribution in [1.29, 1.82) is 0 Å². The van der Waals surface area contributed by atoms with Gasteiger partial charge in [-0.05, 0) is 36.2 Å². The first-order chi connectivity index (χ1) is 11.5. The van der Waals surface area contributed by atoms with Gasteiger partial charge in [-0.25, -0.2) is 4.79 Å². The van der Waals surface area contributed by atoms with Gasteiger partial charge in [0.05, 0.1) is 29.5 Å². The van der Waals surface area contributed by atoms with Crippen LogP contribution < -0.4 is 0 Å². The van der Waals surface area contributed by atoms with Crippen LogP contribution in [-0.2, 0) is 15.9 Å². The monoisotopic (exact) mass is 367 g/mol. The molecule has 1 fully saturated rings. The molecule has 126 valence electrons. The number of esters is 1. The third-order valence-corrected chi connectivity index (χ3v) is 5.13. The number of benzene rings is 1. The smallest absolute Gasteiger partial charge is 0.344 e. The van der Waals surface area contributed by atoms with Gasteiger partial charge in [0.15, 0.2) is 10.7 Å². The third kappa shape index (κ3) is 2.94. The lowest BCUT2D eigenvalue weighted by atomic mass is 10.0. The van der Waals surface area contributed by atoms with Crippen molar-refractivity contribution in [3.63, 3.8) is 0 Å². The van der Waals surface area contributed by atoms with Gasteiger partial charge in [0, 0.05) is 5.92 Å². The van der Waals surface area contributed by atoms with E-state index in [0.717, 1.165) is 12.8 Å². The second kappa shape index (κ2) is 6.58. The zero-order chi connectivity index (χ0) is 17.4. The Morgan fingerprint density at radius 1 is 1.38 bits per heavy atom. The molecule has 3 rings (SSSR count). The lowest BCUT2D eigenvalue weighted by molar-refractivity contribution is 0.0596. The molecule has 0 aliphatic heterocycles. The summed E-state index contributed by atoms with van der Waals surface area (Å²) < 4.78 is 22.1. The second-order valence-corrected chi connectivity index (χ2v) is 7.18. The molecular weight excluding hydrogens is 354 g/mol. The molecule has 2 aromatic rings. The summed E-state index contributed by atoms with van der Waals surface area (Å²) in [4.78, 5) is 25.0. The van der Waals surface area contributed by atoms with Gasteiger partial charge in [-0.1, -0.05) is 16.8 Å².